The Morgan fingerprint density at radius 2 is 1.79 bits per heavy atom. The summed E-state index contributed by atoms with van der Waals surface area (Å²) >= 11 is 0. The number of hydrogen-bond donors (Lipinski definition) is 6. The zero-order valence-corrected chi connectivity index (χ0v) is 23.7. The average molecular weight is 593 g/mol. The quantitative estimate of drug-likeness (QED) is 0.246. The van der Waals surface area contributed by atoms with Gasteiger partial charge in [-0.3, -0.25) is 18.9 Å². The molecular formula is C22H34N3O10P3. The Morgan fingerprint density at radius 1 is 1.11 bits per heavy atom. The van der Waals surface area contributed by atoms with Crippen molar-refractivity contribution in [2.75, 3.05) is 6.61 Å². The van der Waals surface area contributed by atoms with Gasteiger partial charge in [0.2, 0.25) is 0 Å². The van der Waals surface area contributed by atoms with E-state index >= 15 is 0 Å². The number of aliphatic hydroxyl groups excluding tert-OH is 3. The predicted octanol–water partition coefficient (Wildman–Crippen LogP) is 0.130. The minimum Gasteiger partial charge on any atom is -0.396 e. The lowest BCUT2D eigenvalue weighted by molar-refractivity contribution is -0.0458. The second-order valence-corrected chi connectivity index (χ2v) is 8.18. The molecule has 2 aliphatic heterocycles. The number of aromatic nitrogens is 2. The molecule has 212 valence electrons. The zero-order valence-electron chi connectivity index (χ0n) is 20.5. The summed E-state index contributed by atoms with van der Waals surface area (Å²) in [5, 5.41) is 29.6. The van der Waals surface area contributed by atoms with Crippen molar-refractivity contribution in [3.05, 3.63) is 68.7 Å². The van der Waals surface area contributed by atoms with E-state index in [1.165, 1.54) is 36.8 Å². The van der Waals surface area contributed by atoms with Crippen LogP contribution in [0.5, 0.6) is 0 Å². The second kappa shape index (κ2) is 18.5. The molecule has 0 aromatic carbocycles. The summed E-state index contributed by atoms with van der Waals surface area (Å²) in [7, 11) is 2.00. The number of hydrogen-bond acceptors (Lipinski definition) is 10. The maximum Gasteiger partial charge on any atom is 0.333 e. The lowest BCUT2D eigenvalue weighted by Crippen LogP contribution is -2.43. The Balaban J connectivity index is 0.000000944. The van der Waals surface area contributed by atoms with E-state index in [2.05, 4.69) is 12.2 Å². The van der Waals surface area contributed by atoms with Gasteiger partial charge < -0.3 is 34.7 Å². The van der Waals surface area contributed by atoms with Gasteiger partial charge in [0, 0.05) is 24.6 Å². The molecule has 6 atom stereocenters. The van der Waals surface area contributed by atoms with Crippen LogP contribution in [0.15, 0.2) is 62.4 Å². The highest BCUT2D eigenvalue weighted by Crippen LogP contribution is 2.29. The summed E-state index contributed by atoms with van der Waals surface area (Å²) in [6, 6.07) is 1.23. The van der Waals surface area contributed by atoms with Gasteiger partial charge >= 0.3 is 14.4 Å². The van der Waals surface area contributed by atoms with Crippen molar-refractivity contribution in [3.8, 4) is 0 Å². The summed E-state index contributed by atoms with van der Waals surface area (Å²) in [6.07, 6.45) is 8.44. The van der Waals surface area contributed by atoms with Gasteiger partial charge in [-0.1, -0.05) is 24.3 Å². The van der Waals surface area contributed by atoms with Crippen LogP contribution in [0, 0.1) is 0 Å². The molecule has 1 saturated heterocycles. The Labute approximate surface area is 225 Å². The van der Waals surface area contributed by atoms with E-state index < -0.39 is 44.5 Å². The molecular weight excluding hydrogens is 559 g/mol. The molecule has 6 unspecified atom stereocenters. The highest BCUT2D eigenvalue weighted by molar-refractivity contribution is 7.16. The number of rotatable bonds is 6. The van der Waals surface area contributed by atoms with Crippen LogP contribution in [0.25, 0.3) is 0 Å². The van der Waals surface area contributed by atoms with E-state index in [1.807, 2.05) is 12.2 Å². The molecule has 1 aromatic heterocycles. The van der Waals surface area contributed by atoms with Gasteiger partial charge in [-0.25, -0.2) is 9.36 Å². The van der Waals surface area contributed by atoms with Crippen LogP contribution in [-0.2, 0) is 15.8 Å². The molecule has 0 bridgehead atoms. The van der Waals surface area contributed by atoms with Crippen molar-refractivity contribution >= 4 is 33.3 Å². The van der Waals surface area contributed by atoms with Crippen LogP contribution in [0.1, 0.15) is 38.3 Å². The fraction of sp³-hybridized carbons (Fsp3) is 0.500. The largest absolute Gasteiger partial charge is 0.396 e. The summed E-state index contributed by atoms with van der Waals surface area (Å²) < 4.78 is 16.2. The lowest BCUT2D eigenvalue weighted by Gasteiger charge is -2.20. The minimum absolute atomic E-state index is 0.0105. The molecule has 6 N–H and O–H groups in total. The molecule has 1 fully saturated rings. The molecule has 1 aliphatic carbocycles. The standard InChI is InChI=1S/C22H27N3O6.HO2P.2H3OP/c26-12-10-17-19(28)20(29)21(31-17)24-11-9-18(27)25(22(24)30)13-15-7-4-8-16(23-15)14-5-2-1-3-6-14;1-3-2;2*1-2/h1-2,5,7,9,11,17,19-21,26,28-29H,3-4,6,8,10,12-13H2;(H,1,2);2*1H,2H2. The summed E-state index contributed by atoms with van der Waals surface area (Å²) in [5.74, 6) is 0. The molecule has 4 rings (SSSR count). The molecule has 3 aliphatic rings. The van der Waals surface area contributed by atoms with Crippen LogP contribution in [0.2, 0.25) is 0 Å². The van der Waals surface area contributed by atoms with Crippen LogP contribution >= 0.6 is 27.6 Å². The molecule has 0 spiro atoms. The Bertz CT molecular complexity index is 1130. The Hall–Kier alpha value is -1.75. The van der Waals surface area contributed by atoms with Crippen molar-refractivity contribution in [1.82, 2.24) is 9.13 Å². The van der Waals surface area contributed by atoms with Crippen molar-refractivity contribution in [2.24, 2.45) is 4.99 Å². The fourth-order valence-electron chi connectivity index (χ4n) is 4.18. The Morgan fingerprint density at radius 3 is 2.39 bits per heavy atom. The van der Waals surface area contributed by atoms with E-state index in [-0.39, 0.29) is 19.6 Å². The van der Waals surface area contributed by atoms with Crippen LogP contribution in [0.3, 0.4) is 0 Å². The van der Waals surface area contributed by atoms with E-state index in [4.69, 9.17) is 34.1 Å². The number of allylic oxidation sites excluding steroid dienone is 6. The normalized spacial score (nSPS) is 23.9. The van der Waals surface area contributed by atoms with Crippen molar-refractivity contribution in [3.63, 3.8) is 0 Å². The molecule has 0 amide bonds. The first kappa shape index (κ1) is 34.3. The number of ether oxygens (including phenoxy) is 1. The average Bonchev–Trinajstić information content (AvgIpc) is 3.23. The monoisotopic (exact) mass is 593 g/mol. The first-order valence-electron chi connectivity index (χ1n) is 11.5. The maximum absolute atomic E-state index is 13.1. The molecule has 16 heteroatoms. The van der Waals surface area contributed by atoms with Crippen molar-refractivity contribution in [2.45, 2.75) is 63.2 Å². The molecule has 3 heterocycles. The van der Waals surface area contributed by atoms with Gasteiger partial charge in [0.15, 0.2) is 6.23 Å². The zero-order chi connectivity index (χ0) is 28.7. The third kappa shape index (κ3) is 9.17. The van der Waals surface area contributed by atoms with E-state index in [0.717, 1.165) is 40.5 Å². The van der Waals surface area contributed by atoms with Crippen LogP contribution in [-0.4, -0.2) is 69.8 Å². The topological polar surface area (TPSA) is 204 Å². The highest BCUT2D eigenvalue weighted by Gasteiger charge is 2.43. The van der Waals surface area contributed by atoms with Crippen molar-refractivity contribution < 1.29 is 39.3 Å². The minimum atomic E-state index is -1.36. The maximum atomic E-state index is 13.1. The number of aliphatic imine (C=N–C) groups is 1. The van der Waals surface area contributed by atoms with E-state index in [1.54, 1.807) is 0 Å². The third-order valence-electron chi connectivity index (χ3n) is 5.86. The number of aliphatic hydroxyl groups is 3. The highest BCUT2D eigenvalue weighted by atomic mass is 31.1. The van der Waals surface area contributed by atoms with Crippen LogP contribution < -0.4 is 11.2 Å². The van der Waals surface area contributed by atoms with E-state index in [9.17, 15) is 19.8 Å². The molecule has 0 radical (unpaired) electrons. The van der Waals surface area contributed by atoms with Gasteiger partial charge in [0.1, 0.15) is 12.2 Å². The SMILES string of the molecule is O=PO.O=c1ccn(C2OC(CCO)C(O)C2O)c(=O)n1CC1=CCCC(C2=CC=CCC2)=N1.OP.OP. The first-order valence-corrected chi connectivity index (χ1v) is 13.3. The van der Waals surface area contributed by atoms with Crippen molar-refractivity contribution in [1.29, 1.82) is 0 Å². The number of nitrogens with zero attached hydrogens (tertiary/aromatic N) is 3. The lowest BCUT2D eigenvalue weighted by atomic mass is 9.96. The van der Waals surface area contributed by atoms with E-state index in [0.29, 0.717) is 5.70 Å². The van der Waals surface area contributed by atoms with Gasteiger partial charge in [-0.15, -0.1) is 0 Å². The van der Waals surface area contributed by atoms with Crippen LogP contribution in [0.4, 0.5) is 0 Å². The first-order chi connectivity index (χ1) is 18.4. The second-order valence-electron chi connectivity index (χ2n) is 8.02. The third-order valence-corrected chi connectivity index (χ3v) is 5.86. The molecule has 0 saturated carbocycles. The predicted molar refractivity (Wildman–Crippen MR) is 147 cm³/mol. The Kier molecular flexibility index (Phi) is 16.7. The summed E-state index contributed by atoms with van der Waals surface area (Å²) in [5.41, 5.74) is 1.66. The molecule has 38 heavy (non-hydrogen) atoms. The smallest absolute Gasteiger partial charge is 0.333 e. The van der Waals surface area contributed by atoms with Gasteiger partial charge in [-0.2, -0.15) is 0 Å². The summed E-state index contributed by atoms with van der Waals surface area (Å²) in [6.45, 7) is -0.215. The molecule has 13 nitrogen and oxygen atoms in total. The molecule has 1 aromatic rings. The van der Waals surface area contributed by atoms with Gasteiger partial charge in [0.25, 0.3) is 5.56 Å². The fourth-order valence-corrected chi connectivity index (χ4v) is 4.18. The van der Waals surface area contributed by atoms with Gasteiger partial charge in [-0.05, 0) is 56.6 Å². The summed E-state index contributed by atoms with van der Waals surface area (Å²) in [4.78, 5) is 51.0. The van der Waals surface area contributed by atoms with Gasteiger partial charge in [0.05, 0.1) is 18.3 Å².